The average molecular weight is 327 g/mol. The Hall–Kier alpha value is -0.910. The van der Waals surface area contributed by atoms with Crippen molar-refractivity contribution in [2.75, 3.05) is 18.1 Å². The molecule has 0 unspecified atom stereocenters. The number of carbonyl (C=O) groups excluding carboxylic acids is 2. The molecule has 3 N–H and O–H groups in total. The number of amides is 3. The van der Waals surface area contributed by atoms with Crippen LogP contribution in [0.1, 0.15) is 52.4 Å². The van der Waals surface area contributed by atoms with Crippen LogP contribution in [0.25, 0.3) is 0 Å². The number of hydrogen-bond acceptors (Lipinski definition) is 3. The summed E-state index contributed by atoms with van der Waals surface area (Å²) in [5.74, 6) is 3.11. The van der Waals surface area contributed by atoms with Gasteiger partial charge in [-0.2, -0.15) is 11.8 Å². The number of carbonyl (C=O) groups is 2. The molecule has 126 valence electrons. The Balaban J connectivity index is 1.63. The van der Waals surface area contributed by atoms with E-state index in [4.69, 9.17) is 0 Å². The fourth-order valence-electron chi connectivity index (χ4n) is 3.12. The predicted molar refractivity (Wildman–Crippen MR) is 91.1 cm³/mol. The van der Waals surface area contributed by atoms with Gasteiger partial charge in [-0.1, -0.05) is 13.8 Å². The summed E-state index contributed by atoms with van der Waals surface area (Å²) in [6.45, 7) is 5.15. The van der Waals surface area contributed by atoms with Crippen LogP contribution in [0.15, 0.2) is 0 Å². The summed E-state index contributed by atoms with van der Waals surface area (Å²) in [5, 5.41) is 9.10. The van der Waals surface area contributed by atoms with Crippen LogP contribution in [0.2, 0.25) is 0 Å². The molecular weight excluding hydrogens is 298 g/mol. The first-order valence-corrected chi connectivity index (χ1v) is 9.60. The Labute approximate surface area is 137 Å². The summed E-state index contributed by atoms with van der Waals surface area (Å²) in [7, 11) is 0. The number of urea groups is 1. The van der Waals surface area contributed by atoms with E-state index >= 15 is 0 Å². The molecule has 1 heterocycles. The first-order chi connectivity index (χ1) is 10.5. The minimum atomic E-state index is -0.167. The molecule has 22 heavy (non-hydrogen) atoms. The average Bonchev–Trinajstić information content (AvgIpc) is 2.42. The molecule has 1 saturated carbocycles. The predicted octanol–water partition coefficient (Wildman–Crippen LogP) is 2.27. The van der Waals surface area contributed by atoms with Crippen molar-refractivity contribution >= 4 is 23.7 Å². The summed E-state index contributed by atoms with van der Waals surface area (Å²) in [6.07, 6.45) is 5.36. The highest BCUT2D eigenvalue weighted by atomic mass is 32.2. The van der Waals surface area contributed by atoms with Crippen LogP contribution in [0.5, 0.6) is 0 Å². The summed E-state index contributed by atoms with van der Waals surface area (Å²) in [5.41, 5.74) is -0.167. The van der Waals surface area contributed by atoms with Gasteiger partial charge in [0.05, 0.1) is 11.6 Å². The first-order valence-electron chi connectivity index (χ1n) is 8.45. The molecule has 1 atom stereocenters. The first kappa shape index (κ1) is 17.4. The van der Waals surface area contributed by atoms with Crippen LogP contribution in [-0.4, -0.2) is 41.6 Å². The van der Waals surface area contributed by atoms with Crippen LogP contribution < -0.4 is 16.0 Å². The highest BCUT2D eigenvalue weighted by Crippen LogP contribution is 2.38. The molecule has 0 aromatic carbocycles. The zero-order chi connectivity index (χ0) is 16.0. The van der Waals surface area contributed by atoms with E-state index in [1.807, 2.05) is 11.8 Å². The smallest absolute Gasteiger partial charge is 0.315 e. The minimum absolute atomic E-state index is 0.0780. The normalized spacial score (nSPS) is 23.0. The third-order valence-electron chi connectivity index (χ3n) is 4.47. The summed E-state index contributed by atoms with van der Waals surface area (Å²) in [6, 6.07) is -0.0180. The van der Waals surface area contributed by atoms with Gasteiger partial charge >= 0.3 is 6.03 Å². The van der Waals surface area contributed by atoms with Crippen molar-refractivity contribution in [3.63, 3.8) is 0 Å². The second-order valence-electron chi connectivity index (χ2n) is 6.87. The van der Waals surface area contributed by atoms with Crippen molar-refractivity contribution in [2.45, 2.75) is 64.0 Å². The van der Waals surface area contributed by atoms with Gasteiger partial charge in [-0.25, -0.2) is 4.79 Å². The van der Waals surface area contributed by atoms with Crippen molar-refractivity contribution in [1.29, 1.82) is 0 Å². The lowest BCUT2D eigenvalue weighted by molar-refractivity contribution is -0.127. The van der Waals surface area contributed by atoms with Crippen molar-refractivity contribution in [2.24, 2.45) is 5.92 Å². The van der Waals surface area contributed by atoms with E-state index in [2.05, 4.69) is 29.8 Å². The highest BCUT2D eigenvalue weighted by molar-refractivity contribution is 7.99. The molecule has 0 aromatic heterocycles. The maximum atomic E-state index is 12.0. The number of thioether (sulfide) groups is 1. The van der Waals surface area contributed by atoms with E-state index < -0.39 is 0 Å². The van der Waals surface area contributed by atoms with E-state index in [-0.39, 0.29) is 23.5 Å². The van der Waals surface area contributed by atoms with Crippen LogP contribution >= 0.6 is 11.8 Å². The Kier molecular flexibility index (Phi) is 6.41. The third kappa shape index (κ3) is 4.80. The van der Waals surface area contributed by atoms with Gasteiger partial charge in [0.2, 0.25) is 5.91 Å². The summed E-state index contributed by atoms with van der Waals surface area (Å²) < 4.78 is 0. The topological polar surface area (TPSA) is 70.2 Å². The monoisotopic (exact) mass is 327 g/mol. The zero-order valence-corrected chi connectivity index (χ0v) is 14.6. The third-order valence-corrected chi connectivity index (χ3v) is 5.95. The van der Waals surface area contributed by atoms with E-state index in [9.17, 15) is 9.59 Å². The van der Waals surface area contributed by atoms with Crippen molar-refractivity contribution in [3.8, 4) is 0 Å². The second-order valence-corrected chi connectivity index (χ2v) is 8.02. The van der Waals surface area contributed by atoms with Crippen molar-refractivity contribution < 1.29 is 9.59 Å². The maximum Gasteiger partial charge on any atom is 0.315 e. The van der Waals surface area contributed by atoms with Gasteiger partial charge < -0.3 is 16.0 Å². The van der Waals surface area contributed by atoms with Crippen molar-refractivity contribution in [3.05, 3.63) is 0 Å². The molecule has 6 heteroatoms. The summed E-state index contributed by atoms with van der Waals surface area (Å²) in [4.78, 5) is 23.6. The molecular formula is C16H29N3O2S. The van der Waals surface area contributed by atoms with Gasteiger partial charge in [0, 0.05) is 13.0 Å². The molecule has 0 radical (unpaired) electrons. The molecule has 1 aliphatic carbocycles. The standard InChI is InChI=1S/C16H29N3O2S/c1-12(2)11-22-10-4-9-17-15(21)18-13-5-6-14(20)19-16(13)7-3-8-16/h12-13H,3-11H2,1-2H3,(H,19,20)(H2,17,18,21)/t13-/m1/s1. The van der Waals surface area contributed by atoms with E-state index in [1.54, 1.807) is 0 Å². The molecule has 1 spiro atoms. The molecule has 1 aliphatic heterocycles. The SMILES string of the molecule is CC(C)CSCCCNC(=O)N[C@@H]1CCC(=O)NC12CCC2. The highest BCUT2D eigenvalue weighted by Gasteiger charge is 2.48. The quantitative estimate of drug-likeness (QED) is 0.628. The van der Waals surface area contributed by atoms with E-state index in [1.165, 1.54) is 5.75 Å². The summed E-state index contributed by atoms with van der Waals surface area (Å²) >= 11 is 1.94. The number of piperidine rings is 1. The lowest BCUT2D eigenvalue weighted by Gasteiger charge is -2.50. The Bertz CT molecular complexity index is 397. The van der Waals surface area contributed by atoms with Gasteiger partial charge in [-0.3, -0.25) is 4.79 Å². The molecule has 0 bridgehead atoms. The number of rotatable bonds is 7. The van der Waals surface area contributed by atoms with Gasteiger partial charge in [-0.15, -0.1) is 0 Å². The largest absolute Gasteiger partial charge is 0.349 e. The molecule has 1 saturated heterocycles. The van der Waals surface area contributed by atoms with Crippen molar-refractivity contribution in [1.82, 2.24) is 16.0 Å². The minimum Gasteiger partial charge on any atom is -0.349 e. The Morgan fingerprint density at radius 2 is 2.23 bits per heavy atom. The fourth-order valence-corrected chi connectivity index (χ4v) is 4.11. The van der Waals surface area contributed by atoms with Crippen LogP contribution in [0, 0.1) is 5.92 Å². The Morgan fingerprint density at radius 3 is 2.86 bits per heavy atom. The lowest BCUT2D eigenvalue weighted by atomic mass is 9.68. The van der Waals surface area contributed by atoms with Gasteiger partial charge in [0.15, 0.2) is 0 Å². The fraction of sp³-hybridized carbons (Fsp3) is 0.875. The number of hydrogen-bond donors (Lipinski definition) is 3. The van der Waals surface area contributed by atoms with Crippen LogP contribution in [-0.2, 0) is 4.79 Å². The molecule has 2 fully saturated rings. The second kappa shape index (κ2) is 8.09. The van der Waals surface area contributed by atoms with E-state index in [0.29, 0.717) is 13.0 Å². The maximum absolute atomic E-state index is 12.0. The molecule has 2 rings (SSSR count). The zero-order valence-electron chi connectivity index (χ0n) is 13.7. The van der Waals surface area contributed by atoms with Crippen LogP contribution in [0.4, 0.5) is 4.79 Å². The Morgan fingerprint density at radius 1 is 1.45 bits per heavy atom. The molecule has 5 nitrogen and oxygen atoms in total. The number of nitrogens with one attached hydrogen (secondary N) is 3. The van der Waals surface area contributed by atoms with E-state index in [0.717, 1.165) is 43.8 Å². The van der Waals surface area contributed by atoms with Gasteiger partial charge in [0.1, 0.15) is 0 Å². The molecule has 0 aromatic rings. The van der Waals surface area contributed by atoms with Gasteiger partial charge in [0.25, 0.3) is 0 Å². The lowest BCUT2D eigenvalue weighted by Crippen LogP contribution is -2.69. The molecule has 3 amide bonds. The van der Waals surface area contributed by atoms with Gasteiger partial charge in [-0.05, 0) is 49.5 Å². The van der Waals surface area contributed by atoms with Crippen LogP contribution in [0.3, 0.4) is 0 Å². The molecule has 2 aliphatic rings.